The lowest BCUT2D eigenvalue weighted by Crippen LogP contribution is -2.14. The van der Waals surface area contributed by atoms with Crippen molar-refractivity contribution in [3.05, 3.63) is 52.0 Å². The summed E-state index contributed by atoms with van der Waals surface area (Å²) in [6.45, 7) is 1.45. The SMILES string of the molecule is Cc1cc(C(F)(F)F)nc2sc(C(=O)Nc3ccccc3C(=O)O)c(N)c12. The van der Waals surface area contributed by atoms with Gasteiger partial charge in [0, 0.05) is 5.39 Å². The third-order valence-electron chi connectivity index (χ3n) is 3.80. The molecule has 2 aromatic heterocycles. The molecule has 0 aliphatic carbocycles. The zero-order valence-electron chi connectivity index (χ0n) is 13.7. The first-order valence-corrected chi connectivity index (χ1v) is 8.31. The Labute approximate surface area is 154 Å². The molecule has 0 unspecified atom stereocenters. The molecule has 0 radical (unpaired) electrons. The van der Waals surface area contributed by atoms with Gasteiger partial charge in [-0.3, -0.25) is 4.79 Å². The highest BCUT2D eigenvalue weighted by atomic mass is 32.1. The summed E-state index contributed by atoms with van der Waals surface area (Å²) >= 11 is 0.714. The number of rotatable bonds is 3. The summed E-state index contributed by atoms with van der Waals surface area (Å²) < 4.78 is 38.8. The number of aromatic nitrogens is 1. The van der Waals surface area contributed by atoms with Gasteiger partial charge in [-0.05, 0) is 30.7 Å². The van der Waals surface area contributed by atoms with E-state index in [0.29, 0.717) is 11.3 Å². The van der Waals surface area contributed by atoms with Gasteiger partial charge in [-0.2, -0.15) is 13.2 Å². The van der Waals surface area contributed by atoms with Crippen molar-refractivity contribution in [1.82, 2.24) is 4.98 Å². The highest BCUT2D eigenvalue weighted by molar-refractivity contribution is 7.21. The first kappa shape index (κ1) is 18.6. The minimum Gasteiger partial charge on any atom is -0.478 e. The topological polar surface area (TPSA) is 105 Å². The van der Waals surface area contributed by atoms with Gasteiger partial charge in [-0.15, -0.1) is 11.3 Å². The number of amides is 1. The number of aromatic carboxylic acids is 1. The third kappa shape index (κ3) is 3.43. The quantitative estimate of drug-likeness (QED) is 0.618. The van der Waals surface area contributed by atoms with Crippen molar-refractivity contribution in [2.24, 2.45) is 0 Å². The lowest BCUT2D eigenvalue weighted by molar-refractivity contribution is -0.141. The number of nitrogens with one attached hydrogen (secondary N) is 1. The highest BCUT2D eigenvalue weighted by Crippen LogP contribution is 2.38. The number of fused-ring (bicyclic) bond motifs is 1. The van der Waals surface area contributed by atoms with Crippen molar-refractivity contribution in [2.45, 2.75) is 13.1 Å². The van der Waals surface area contributed by atoms with Gasteiger partial charge in [0.1, 0.15) is 15.4 Å². The van der Waals surface area contributed by atoms with E-state index in [0.717, 1.165) is 6.07 Å². The molecule has 0 bridgehead atoms. The van der Waals surface area contributed by atoms with E-state index >= 15 is 0 Å². The maximum atomic E-state index is 12.9. The van der Waals surface area contributed by atoms with Crippen LogP contribution in [0.15, 0.2) is 30.3 Å². The van der Waals surface area contributed by atoms with Crippen LogP contribution in [0, 0.1) is 6.92 Å². The average molecular weight is 395 g/mol. The molecule has 27 heavy (non-hydrogen) atoms. The maximum absolute atomic E-state index is 12.9. The van der Waals surface area contributed by atoms with Crippen LogP contribution in [0.1, 0.15) is 31.3 Å². The number of benzene rings is 1. The fourth-order valence-corrected chi connectivity index (χ4v) is 3.65. The number of carboxylic acid groups (broad SMARTS) is 1. The second-order valence-corrected chi connectivity index (χ2v) is 6.65. The first-order valence-electron chi connectivity index (χ1n) is 7.50. The van der Waals surface area contributed by atoms with Crippen molar-refractivity contribution >= 4 is 44.8 Å². The van der Waals surface area contributed by atoms with E-state index in [9.17, 15) is 27.9 Å². The Bertz CT molecular complexity index is 1080. The van der Waals surface area contributed by atoms with Crippen molar-refractivity contribution in [3.63, 3.8) is 0 Å². The number of carbonyl (C=O) groups excluding carboxylic acids is 1. The Balaban J connectivity index is 2.05. The summed E-state index contributed by atoms with van der Waals surface area (Å²) in [4.78, 5) is 27.3. The summed E-state index contributed by atoms with van der Waals surface area (Å²) in [5, 5.41) is 11.9. The second-order valence-electron chi connectivity index (χ2n) is 5.65. The van der Waals surface area contributed by atoms with Gasteiger partial charge in [-0.1, -0.05) is 12.1 Å². The summed E-state index contributed by atoms with van der Waals surface area (Å²) in [5.41, 5.74) is 5.05. The fourth-order valence-electron chi connectivity index (χ4n) is 2.58. The zero-order valence-corrected chi connectivity index (χ0v) is 14.5. The zero-order chi connectivity index (χ0) is 19.9. The van der Waals surface area contributed by atoms with Gasteiger partial charge in [0.2, 0.25) is 0 Å². The number of hydrogen-bond donors (Lipinski definition) is 3. The average Bonchev–Trinajstić information content (AvgIpc) is 2.92. The largest absolute Gasteiger partial charge is 0.478 e. The second kappa shape index (κ2) is 6.54. The molecular formula is C17H12F3N3O3S. The molecule has 1 aromatic carbocycles. The molecule has 3 rings (SSSR count). The predicted molar refractivity (Wildman–Crippen MR) is 95.1 cm³/mol. The van der Waals surface area contributed by atoms with Gasteiger partial charge >= 0.3 is 12.1 Å². The highest BCUT2D eigenvalue weighted by Gasteiger charge is 2.34. The van der Waals surface area contributed by atoms with Crippen LogP contribution in [0.5, 0.6) is 0 Å². The Hall–Kier alpha value is -3.14. The molecule has 3 aromatic rings. The molecule has 0 aliphatic rings. The summed E-state index contributed by atoms with van der Waals surface area (Å²) in [5.74, 6) is -1.96. The van der Waals surface area contributed by atoms with E-state index in [2.05, 4.69) is 10.3 Å². The number of carbonyl (C=O) groups is 2. The third-order valence-corrected chi connectivity index (χ3v) is 4.90. The molecule has 4 N–H and O–H groups in total. The number of carboxylic acids is 1. The number of alkyl halides is 3. The van der Waals surface area contributed by atoms with Gasteiger partial charge in [0.15, 0.2) is 0 Å². The van der Waals surface area contributed by atoms with E-state index in [1.807, 2.05) is 0 Å². The molecule has 1 amide bonds. The minimum absolute atomic E-state index is 0.000898. The van der Waals surface area contributed by atoms with Crippen molar-refractivity contribution in [3.8, 4) is 0 Å². The smallest absolute Gasteiger partial charge is 0.433 e. The number of anilines is 2. The van der Waals surface area contributed by atoms with Gasteiger partial charge < -0.3 is 16.2 Å². The molecule has 2 heterocycles. The van der Waals surface area contributed by atoms with E-state index < -0.39 is 23.7 Å². The molecular weight excluding hydrogens is 383 g/mol. The van der Waals surface area contributed by atoms with Crippen LogP contribution in [-0.4, -0.2) is 22.0 Å². The van der Waals surface area contributed by atoms with E-state index in [1.54, 1.807) is 0 Å². The number of halogens is 3. The molecule has 0 atom stereocenters. The Kier molecular flexibility index (Phi) is 4.52. The van der Waals surface area contributed by atoms with Crippen molar-refractivity contribution in [2.75, 3.05) is 11.1 Å². The Morgan fingerprint density at radius 3 is 2.56 bits per heavy atom. The van der Waals surface area contributed by atoms with Crippen LogP contribution >= 0.6 is 11.3 Å². The number of para-hydroxylation sites is 1. The number of pyridine rings is 1. The molecule has 0 saturated heterocycles. The summed E-state index contributed by atoms with van der Waals surface area (Å²) in [7, 11) is 0. The molecule has 6 nitrogen and oxygen atoms in total. The molecule has 0 saturated carbocycles. The number of nitrogens with two attached hydrogens (primary N) is 1. The molecule has 0 fully saturated rings. The van der Waals surface area contributed by atoms with Crippen molar-refractivity contribution in [1.29, 1.82) is 0 Å². The number of nitrogen functional groups attached to an aromatic ring is 1. The minimum atomic E-state index is -4.62. The summed E-state index contributed by atoms with van der Waals surface area (Å²) in [6, 6.07) is 6.62. The Morgan fingerprint density at radius 2 is 1.93 bits per heavy atom. The van der Waals surface area contributed by atoms with Gasteiger partial charge in [0.25, 0.3) is 5.91 Å². The van der Waals surface area contributed by atoms with Crippen LogP contribution in [0.2, 0.25) is 0 Å². The monoisotopic (exact) mass is 395 g/mol. The van der Waals surface area contributed by atoms with E-state index in [-0.39, 0.29) is 37.6 Å². The molecule has 10 heteroatoms. The lowest BCUT2D eigenvalue weighted by atomic mass is 10.1. The van der Waals surface area contributed by atoms with Crippen LogP contribution in [0.25, 0.3) is 10.2 Å². The van der Waals surface area contributed by atoms with E-state index in [1.165, 1.54) is 31.2 Å². The number of hydrogen-bond acceptors (Lipinski definition) is 5. The lowest BCUT2D eigenvalue weighted by Gasteiger charge is -2.08. The van der Waals surface area contributed by atoms with Crippen LogP contribution < -0.4 is 11.1 Å². The van der Waals surface area contributed by atoms with Crippen molar-refractivity contribution < 1.29 is 27.9 Å². The first-order chi connectivity index (χ1) is 12.6. The maximum Gasteiger partial charge on any atom is 0.433 e. The standard InChI is InChI=1S/C17H12F3N3O3S/c1-7-6-10(17(18,19)20)23-15-11(7)12(21)13(27-15)14(24)22-9-5-3-2-4-8(9)16(25)26/h2-6H,21H2,1H3,(H,22,24)(H,25,26). The normalized spacial score (nSPS) is 11.6. The fraction of sp³-hybridized carbons (Fsp3) is 0.118. The number of nitrogens with zero attached hydrogens (tertiary/aromatic N) is 1. The summed E-state index contributed by atoms with van der Waals surface area (Å²) in [6.07, 6.45) is -4.62. The van der Waals surface area contributed by atoms with Crippen LogP contribution in [0.4, 0.5) is 24.5 Å². The van der Waals surface area contributed by atoms with Gasteiger partial charge in [-0.25, -0.2) is 9.78 Å². The molecule has 0 spiro atoms. The van der Waals surface area contributed by atoms with Crippen LogP contribution in [0.3, 0.4) is 0 Å². The Morgan fingerprint density at radius 1 is 1.26 bits per heavy atom. The van der Waals surface area contributed by atoms with Gasteiger partial charge in [0.05, 0.1) is 16.9 Å². The molecule has 0 aliphatic heterocycles. The predicted octanol–water partition coefficient (Wildman–Crippen LogP) is 4.16. The van der Waals surface area contributed by atoms with Crippen LogP contribution in [-0.2, 0) is 6.18 Å². The molecule has 140 valence electrons. The number of thiophene rings is 1. The number of aryl methyl sites for hydroxylation is 1. The van der Waals surface area contributed by atoms with E-state index in [4.69, 9.17) is 5.73 Å².